The molecule has 0 radical (unpaired) electrons. The zero-order chi connectivity index (χ0) is 19.7. The second-order valence-corrected chi connectivity index (χ2v) is 8.57. The largest absolute Gasteiger partial charge is 0.537 e. The van der Waals surface area contributed by atoms with Gasteiger partial charge in [-0.3, -0.25) is 0 Å². The average molecular weight is 388 g/mol. The normalized spacial score (nSPS) is 11.9. The summed E-state index contributed by atoms with van der Waals surface area (Å²) in [6, 6.07) is 15.7. The Hall–Kier alpha value is -2.06. The Bertz CT molecular complexity index is 701. The lowest BCUT2D eigenvalue weighted by Crippen LogP contribution is -2.56. The van der Waals surface area contributed by atoms with E-state index in [2.05, 4.69) is 10.2 Å². The second kappa shape index (κ2) is 10.3. The van der Waals surface area contributed by atoms with Crippen molar-refractivity contribution in [1.82, 2.24) is 0 Å². The van der Waals surface area contributed by atoms with Crippen molar-refractivity contribution in [2.45, 2.75) is 20.8 Å². The zero-order valence-electron chi connectivity index (χ0n) is 16.8. The van der Waals surface area contributed by atoms with Crippen LogP contribution in [0.25, 0.3) is 0 Å². The van der Waals surface area contributed by atoms with Crippen LogP contribution in [-0.2, 0) is 13.3 Å². The van der Waals surface area contributed by atoms with Crippen molar-refractivity contribution in [3.05, 3.63) is 48.5 Å². The van der Waals surface area contributed by atoms with Gasteiger partial charge in [0.1, 0.15) is 0 Å². The van der Waals surface area contributed by atoms with Crippen LogP contribution in [0.3, 0.4) is 0 Å². The van der Waals surface area contributed by atoms with Gasteiger partial charge in [-0.05, 0) is 57.2 Å². The molecule has 0 bridgehead atoms. The minimum absolute atomic E-state index is 0.538. The third-order valence-electron chi connectivity index (χ3n) is 3.87. The van der Waals surface area contributed by atoms with Gasteiger partial charge in [0, 0.05) is 44.8 Å². The fourth-order valence-electron chi connectivity index (χ4n) is 2.61. The fraction of sp³-hybridized carbons (Fsp3) is 0.400. The molecule has 0 aliphatic heterocycles. The number of azo groups is 1. The van der Waals surface area contributed by atoms with Crippen LogP contribution in [-0.4, -0.2) is 42.7 Å². The molecule has 0 aliphatic carbocycles. The molecule has 0 unspecified atom stereocenters. The van der Waals surface area contributed by atoms with Gasteiger partial charge in [0.25, 0.3) is 0 Å². The van der Waals surface area contributed by atoms with Crippen LogP contribution in [0, 0.1) is 0 Å². The Morgan fingerprint density at radius 1 is 0.704 bits per heavy atom. The van der Waals surface area contributed by atoms with Crippen LogP contribution in [0.2, 0.25) is 0 Å². The molecule has 0 spiro atoms. The van der Waals surface area contributed by atoms with Gasteiger partial charge in [-0.25, -0.2) is 0 Å². The Morgan fingerprint density at radius 3 is 1.48 bits per heavy atom. The molecule has 2 rings (SSSR count). The highest BCUT2D eigenvalue weighted by atomic mass is 28.4. The summed E-state index contributed by atoms with van der Waals surface area (Å²) in [5.41, 5.74) is 2.71. The lowest BCUT2D eigenvalue weighted by atomic mass is 10.3. The first-order valence-electron chi connectivity index (χ1n) is 9.26. The van der Waals surface area contributed by atoms with E-state index in [9.17, 15) is 0 Å². The highest BCUT2D eigenvalue weighted by Gasteiger charge is 2.43. The van der Waals surface area contributed by atoms with Crippen LogP contribution in [0.4, 0.5) is 17.1 Å². The first-order chi connectivity index (χ1) is 13.0. The van der Waals surface area contributed by atoms with E-state index in [-0.39, 0.29) is 0 Å². The molecular formula is C20H29N3O3Si. The highest BCUT2D eigenvalue weighted by Crippen LogP contribution is 2.21. The van der Waals surface area contributed by atoms with E-state index in [1.165, 1.54) is 0 Å². The van der Waals surface area contributed by atoms with Gasteiger partial charge in [0.15, 0.2) is 0 Å². The number of hydrogen-bond acceptors (Lipinski definition) is 6. The lowest BCUT2D eigenvalue weighted by Gasteiger charge is -2.28. The van der Waals surface area contributed by atoms with E-state index in [1.807, 2.05) is 88.3 Å². The van der Waals surface area contributed by atoms with Gasteiger partial charge in [-0.2, -0.15) is 10.2 Å². The topological polar surface area (TPSA) is 55.6 Å². The summed E-state index contributed by atoms with van der Waals surface area (Å²) in [6.45, 7) is 7.46. The van der Waals surface area contributed by atoms with Gasteiger partial charge in [0.05, 0.1) is 11.4 Å². The summed E-state index contributed by atoms with van der Waals surface area (Å²) in [5.74, 6) is 0. The second-order valence-electron chi connectivity index (χ2n) is 6.01. The molecule has 0 saturated heterocycles. The highest BCUT2D eigenvalue weighted by molar-refractivity contribution is 6.75. The van der Waals surface area contributed by atoms with Crippen molar-refractivity contribution >= 4 is 31.1 Å². The van der Waals surface area contributed by atoms with Gasteiger partial charge < -0.3 is 18.2 Å². The zero-order valence-corrected chi connectivity index (χ0v) is 17.8. The summed E-state index contributed by atoms with van der Waals surface area (Å²) < 4.78 is 17.8. The van der Waals surface area contributed by atoms with Crippen molar-refractivity contribution in [2.24, 2.45) is 10.2 Å². The molecule has 6 nitrogen and oxygen atoms in total. The molecule has 0 fully saturated rings. The monoisotopic (exact) mass is 387 g/mol. The Labute approximate surface area is 163 Å². The van der Waals surface area contributed by atoms with E-state index in [0.717, 1.165) is 22.2 Å². The van der Waals surface area contributed by atoms with Crippen LogP contribution in [0.1, 0.15) is 20.8 Å². The van der Waals surface area contributed by atoms with Crippen molar-refractivity contribution in [3.8, 4) is 0 Å². The summed E-state index contributed by atoms with van der Waals surface area (Å²) >= 11 is 0. The third-order valence-corrected chi connectivity index (χ3v) is 6.92. The van der Waals surface area contributed by atoms with Crippen molar-refractivity contribution in [1.29, 1.82) is 0 Å². The molecule has 0 aromatic heterocycles. The Morgan fingerprint density at radius 2 is 1.11 bits per heavy atom. The molecule has 2 aromatic carbocycles. The predicted octanol–water partition coefficient (Wildman–Crippen LogP) is 4.42. The molecule has 0 heterocycles. The molecule has 0 atom stereocenters. The van der Waals surface area contributed by atoms with Crippen LogP contribution in [0.5, 0.6) is 0 Å². The quantitative estimate of drug-likeness (QED) is 0.447. The molecule has 27 heavy (non-hydrogen) atoms. The molecule has 0 N–H and O–H groups in total. The van der Waals surface area contributed by atoms with E-state index < -0.39 is 8.80 Å². The van der Waals surface area contributed by atoms with E-state index >= 15 is 0 Å². The summed E-state index contributed by atoms with van der Waals surface area (Å²) in [5, 5.41) is 9.55. The average Bonchev–Trinajstić information content (AvgIpc) is 2.67. The minimum atomic E-state index is -2.88. The number of nitrogens with zero attached hydrogens (tertiary/aromatic N) is 3. The summed E-state index contributed by atoms with van der Waals surface area (Å²) in [4.78, 5) is 2.05. The van der Waals surface area contributed by atoms with Crippen LogP contribution < -0.4 is 10.1 Å². The smallest absolute Gasteiger partial charge is 0.378 e. The number of benzene rings is 2. The van der Waals surface area contributed by atoms with Crippen LogP contribution in [0.15, 0.2) is 58.8 Å². The third kappa shape index (κ3) is 5.70. The maximum Gasteiger partial charge on any atom is 0.537 e. The van der Waals surface area contributed by atoms with Crippen molar-refractivity contribution in [2.75, 3.05) is 38.8 Å². The molecule has 0 saturated carbocycles. The number of hydrogen-bond donors (Lipinski definition) is 0. The Kier molecular flexibility index (Phi) is 8.12. The number of rotatable bonds is 10. The van der Waals surface area contributed by atoms with Crippen LogP contribution >= 0.6 is 0 Å². The maximum atomic E-state index is 5.93. The first-order valence-corrected chi connectivity index (χ1v) is 11.0. The van der Waals surface area contributed by atoms with Gasteiger partial charge in [-0.1, -0.05) is 12.1 Å². The van der Waals surface area contributed by atoms with Gasteiger partial charge in [0.2, 0.25) is 0 Å². The van der Waals surface area contributed by atoms with E-state index in [4.69, 9.17) is 13.3 Å². The standard InChI is InChI=1S/C20H29N3O3Si/c1-6-24-27(25-7-2,26-8-3)20-15-11-18(12-16-20)22-21-17-9-13-19(14-10-17)23(4)5/h9-16H,6-8H2,1-5H3/b22-21+. The van der Waals surface area contributed by atoms with E-state index in [0.29, 0.717) is 19.8 Å². The molecule has 7 heteroatoms. The maximum absolute atomic E-state index is 5.93. The van der Waals surface area contributed by atoms with Crippen molar-refractivity contribution in [3.63, 3.8) is 0 Å². The SMILES string of the molecule is CCO[Si](OCC)(OCC)c1ccc(/N=N/c2ccc(N(C)C)cc2)cc1. The number of anilines is 1. The van der Waals surface area contributed by atoms with E-state index in [1.54, 1.807) is 0 Å². The Balaban J connectivity index is 2.17. The van der Waals surface area contributed by atoms with Crippen molar-refractivity contribution < 1.29 is 13.3 Å². The summed E-state index contributed by atoms with van der Waals surface area (Å²) in [7, 11) is 1.14. The molecule has 2 aromatic rings. The lowest BCUT2D eigenvalue weighted by molar-refractivity contribution is 0.0859. The molecule has 0 amide bonds. The molecular weight excluding hydrogens is 358 g/mol. The summed E-state index contributed by atoms with van der Waals surface area (Å²) in [6.07, 6.45) is 0. The predicted molar refractivity (Wildman–Crippen MR) is 112 cm³/mol. The first kappa shape index (κ1) is 21.2. The fourth-order valence-corrected chi connectivity index (χ4v) is 5.08. The minimum Gasteiger partial charge on any atom is -0.378 e. The van der Waals surface area contributed by atoms with Gasteiger partial charge >= 0.3 is 8.80 Å². The van der Waals surface area contributed by atoms with Gasteiger partial charge in [-0.15, -0.1) is 0 Å². The molecule has 146 valence electrons. The molecule has 0 aliphatic rings.